The fourth-order valence-electron chi connectivity index (χ4n) is 0.571. The molecule has 0 saturated carbocycles. The van der Waals surface area contributed by atoms with Crippen molar-refractivity contribution in [2.75, 3.05) is 0 Å². The molecule has 0 aromatic carbocycles. The average Bonchev–Trinajstić information content (AvgIpc) is 1.96. The second-order valence-corrected chi connectivity index (χ2v) is 1.82. The van der Waals surface area contributed by atoms with Gasteiger partial charge in [-0.2, -0.15) is 13.2 Å². The van der Waals surface area contributed by atoms with Crippen LogP contribution in [0.5, 0.6) is 5.75 Å². The van der Waals surface area contributed by atoms with Crippen molar-refractivity contribution in [2.45, 2.75) is 6.61 Å². The van der Waals surface area contributed by atoms with Crippen LogP contribution in [-0.4, -0.2) is 11.6 Å². The normalized spacial score (nSPS) is 10.4. The molecule has 1 aromatic rings. The van der Waals surface area contributed by atoms with Gasteiger partial charge in [-0.3, -0.25) is 0 Å². The number of aromatic nitrogens is 1. The molecule has 1 heterocycles. The zero-order valence-electron chi connectivity index (χ0n) is 5.60. The van der Waals surface area contributed by atoms with Crippen molar-refractivity contribution in [3.63, 3.8) is 0 Å². The minimum atomic E-state index is -3.07. The van der Waals surface area contributed by atoms with E-state index in [1.165, 1.54) is 0 Å². The minimum Gasteiger partial charge on any atom is -0.433 e. The number of hydrogen-bond acceptors (Lipinski definition) is 2. The molecule has 0 fully saturated rings. The zero-order valence-corrected chi connectivity index (χ0v) is 5.60. The van der Waals surface area contributed by atoms with Crippen LogP contribution in [0.1, 0.15) is 0 Å². The third kappa shape index (κ3) is 2.08. The van der Waals surface area contributed by atoms with Crippen molar-refractivity contribution >= 4 is 0 Å². The van der Waals surface area contributed by atoms with Crippen LogP contribution in [0.3, 0.4) is 0 Å². The summed E-state index contributed by atoms with van der Waals surface area (Å²) in [4.78, 5) is 2.83. The molecule has 66 valence electrons. The fourth-order valence-corrected chi connectivity index (χ4v) is 0.571. The minimum absolute atomic E-state index is 0.495. The second kappa shape index (κ2) is 3.38. The fraction of sp³-hybridized carbons (Fsp3) is 0.167. The molecule has 0 spiro atoms. The molecule has 1 rings (SSSR count). The lowest BCUT2D eigenvalue weighted by Gasteiger charge is -2.02. The topological polar surface area (TPSA) is 22.1 Å². The summed E-state index contributed by atoms with van der Waals surface area (Å²) in [6.45, 7) is -3.07. The van der Waals surface area contributed by atoms with Gasteiger partial charge >= 0.3 is 6.61 Å². The average molecular weight is 181 g/mol. The summed E-state index contributed by atoms with van der Waals surface area (Å²) in [5.74, 6) is -3.19. The van der Waals surface area contributed by atoms with Crippen LogP contribution in [0.15, 0.2) is 12.3 Å². The maximum Gasteiger partial charge on any atom is 0.387 e. The first-order chi connectivity index (χ1) is 5.59. The number of ether oxygens (including phenoxy) is 1. The van der Waals surface area contributed by atoms with Crippen molar-refractivity contribution in [1.29, 1.82) is 0 Å². The molecule has 2 nitrogen and oxygen atoms in total. The van der Waals surface area contributed by atoms with Gasteiger partial charge in [0.1, 0.15) is 5.75 Å². The molecule has 0 aliphatic heterocycles. The molecule has 6 heteroatoms. The number of nitrogens with zero attached hydrogens (tertiary/aromatic N) is 1. The summed E-state index contributed by atoms with van der Waals surface area (Å²) in [6, 6.07) is 0.495. The number of alkyl halides is 2. The monoisotopic (exact) mass is 181 g/mol. The molecule has 0 atom stereocenters. The van der Waals surface area contributed by atoms with Gasteiger partial charge < -0.3 is 4.74 Å². The van der Waals surface area contributed by atoms with Crippen LogP contribution >= 0.6 is 0 Å². The highest BCUT2D eigenvalue weighted by Gasteiger charge is 2.08. The van der Waals surface area contributed by atoms with E-state index in [0.29, 0.717) is 12.3 Å². The lowest BCUT2D eigenvalue weighted by atomic mass is 10.4. The van der Waals surface area contributed by atoms with E-state index in [4.69, 9.17) is 0 Å². The second-order valence-electron chi connectivity index (χ2n) is 1.82. The first kappa shape index (κ1) is 8.76. The number of hydrogen-bond donors (Lipinski definition) is 0. The highest BCUT2D eigenvalue weighted by molar-refractivity contribution is 5.17. The lowest BCUT2D eigenvalue weighted by molar-refractivity contribution is -0.0503. The lowest BCUT2D eigenvalue weighted by Crippen LogP contribution is -2.03. The molecule has 0 unspecified atom stereocenters. The van der Waals surface area contributed by atoms with Crippen LogP contribution in [0.4, 0.5) is 17.6 Å². The highest BCUT2D eigenvalue weighted by atomic mass is 19.3. The Hall–Kier alpha value is -1.33. The van der Waals surface area contributed by atoms with Gasteiger partial charge in [0.15, 0.2) is 5.82 Å². The predicted molar refractivity (Wildman–Crippen MR) is 30.8 cm³/mol. The summed E-state index contributed by atoms with van der Waals surface area (Å²) in [5.41, 5.74) is 0. The third-order valence-electron chi connectivity index (χ3n) is 0.996. The van der Waals surface area contributed by atoms with Gasteiger partial charge in [0.05, 0.1) is 6.20 Å². The Morgan fingerprint density at radius 1 is 1.33 bits per heavy atom. The van der Waals surface area contributed by atoms with E-state index in [0.717, 1.165) is 0 Å². The Morgan fingerprint density at radius 2 is 2.00 bits per heavy atom. The van der Waals surface area contributed by atoms with E-state index in [-0.39, 0.29) is 0 Å². The molecule has 0 aliphatic carbocycles. The molecule has 0 aliphatic rings. The molecular formula is C6H3F4NO. The number of halogens is 4. The van der Waals surface area contributed by atoms with Gasteiger partial charge in [-0.05, 0) is 0 Å². The van der Waals surface area contributed by atoms with E-state index in [9.17, 15) is 17.6 Å². The van der Waals surface area contributed by atoms with E-state index < -0.39 is 24.1 Å². The molecule has 0 N–H and O–H groups in total. The molecule has 12 heavy (non-hydrogen) atoms. The van der Waals surface area contributed by atoms with Crippen LogP contribution in [0.2, 0.25) is 0 Å². The van der Waals surface area contributed by atoms with Crippen LogP contribution in [-0.2, 0) is 0 Å². The van der Waals surface area contributed by atoms with E-state index >= 15 is 0 Å². The first-order valence-electron chi connectivity index (χ1n) is 2.85. The maximum absolute atomic E-state index is 12.3. The van der Waals surface area contributed by atoms with Gasteiger partial charge in [0.2, 0.25) is 5.95 Å². The zero-order chi connectivity index (χ0) is 9.14. The molecule has 0 saturated heterocycles. The van der Waals surface area contributed by atoms with Crippen molar-refractivity contribution in [3.05, 3.63) is 24.0 Å². The largest absolute Gasteiger partial charge is 0.433 e. The Bertz CT molecular complexity index is 278. The van der Waals surface area contributed by atoms with Crippen molar-refractivity contribution < 1.29 is 22.3 Å². The maximum atomic E-state index is 12.3. The summed E-state index contributed by atoms with van der Waals surface area (Å²) in [7, 11) is 0. The van der Waals surface area contributed by atoms with Gasteiger partial charge in [-0.25, -0.2) is 9.37 Å². The van der Waals surface area contributed by atoms with Crippen LogP contribution < -0.4 is 4.74 Å². The van der Waals surface area contributed by atoms with Gasteiger partial charge in [0, 0.05) is 6.07 Å². The quantitative estimate of drug-likeness (QED) is 0.514. The number of pyridine rings is 1. The summed E-state index contributed by atoms with van der Waals surface area (Å²) in [6.07, 6.45) is 0.671. The Kier molecular flexibility index (Phi) is 2.47. The summed E-state index contributed by atoms with van der Waals surface area (Å²) < 4.78 is 51.1. The first-order valence-corrected chi connectivity index (χ1v) is 2.85. The van der Waals surface area contributed by atoms with E-state index in [1.54, 1.807) is 0 Å². The third-order valence-corrected chi connectivity index (χ3v) is 0.996. The van der Waals surface area contributed by atoms with E-state index in [2.05, 4.69) is 9.72 Å². The molecule has 0 radical (unpaired) electrons. The molecule has 1 aromatic heterocycles. The van der Waals surface area contributed by atoms with Gasteiger partial charge in [-0.15, -0.1) is 0 Å². The SMILES string of the molecule is Fc1cc(OC(F)F)cnc1F. The van der Waals surface area contributed by atoms with Crippen molar-refractivity contribution in [1.82, 2.24) is 4.98 Å². The predicted octanol–water partition coefficient (Wildman–Crippen LogP) is 1.96. The molecular weight excluding hydrogens is 178 g/mol. The number of rotatable bonds is 2. The van der Waals surface area contributed by atoms with Gasteiger partial charge in [0.25, 0.3) is 0 Å². The van der Waals surface area contributed by atoms with Gasteiger partial charge in [-0.1, -0.05) is 0 Å². The Labute approximate surface area is 64.8 Å². The summed E-state index contributed by atoms with van der Waals surface area (Å²) in [5, 5.41) is 0. The highest BCUT2D eigenvalue weighted by Crippen LogP contribution is 2.14. The Morgan fingerprint density at radius 3 is 2.50 bits per heavy atom. The summed E-state index contributed by atoms with van der Waals surface area (Å²) >= 11 is 0. The Balaban J connectivity index is 2.82. The molecule has 0 bridgehead atoms. The van der Waals surface area contributed by atoms with Crippen LogP contribution in [0.25, 0.3) is 0 Å². The molecule has 0 amide bonds. The standard InChI is InChI=1S/C6H3F4NO/c7-4-1-3(12-6(9)10)2-11-5(4)8/h1-2,6H. The van der Waals surface area contributed by atoms with Crippen molar-refractivity contribution in [2.24, 2.45) is 0 Å². The van der Waals surface area contributed by atoms with Crippen LogP contribution in [0, 0.1) is 11.8 Å². The van der Waals surface area contributed by atoms with E-state index in [1.807, 2.05) is 0 Å². The van der Waals surface area contributed by atoms with Crippen molar-refractivity contribution in [3.8, 4) is 5.75 Å². The smallest absolute Gasteiger partial charge is 0.387 e.